The van der Waals surface area contributed by atoms with Crippen molar-refractivity contribution < 1.29 is 23.9 Å². The van der Waals surface area contributed by atoms with E-state index >= 15 is 0 Å². The number of rotatable bonds is 13. The van der Waals surface area contributed by atoms with Gasteiger partial charge in [0.1, 0.15) is 18.2 Å². The predicted molar refractivity (Wildman–Crippen MR) is 159 cm³/mol. The highest BCUT2D eigenvalue weighted by molar-refractivity contribution is 7.10. The van der Waals surface area contributed by atoms with E-state index in [2.05, 4.69) is 5.32 Å². The minimum Gasteiger partial charge on any atom is -0.445 e. The van der Waals surface area contributed by atoms with E-state index in [1.54, 1.807) is 50.5 Å². The molecule has 1 aromatic carbocycles. The monoisotopic (exact) mass is 585 g/mol. The van der Waals surface area contributed by atoms with Crippen molar-refractivity contribution in [2.45, 2.75) is 71.4 Å². The number of nitrogens with one attached hydrogen (secondary N) is 1. The molecule has 3 amide bonds. The van der Waals surface area contributed by atoms with Gasteiger partial charge in [-0.05, 0) is 68.5 Å². The van der Waals surface area contributed by atoms with Gasteiger partial charge in [0.2, 0.25) is 5.91 Å². The van der Waals surface area contributed by atoms with Crippen LogP contribution in [0, 0.1) is 0 Å². The van der Waals surface area contributed by atoms with Gasteiger partial charge >= 0.3 is 12.2 Å². The minimum atomic E-state index is -0.709. The molecule has 0 saturated heterocycles. The summed E-state index contributed by atoms with van der Waals surface area (Å²) < 4.78 is 10.9. The average molecular weight is 586 g/mol. The highest BCUT2D eigenvalue weighted by Gasteiger charge is 2.33. The van der Waals surface area contributed by atoms with Crippen LogP contribution in [0.25, 0.3) is 0 Å². The summed E-state index contributed by atoms with van der Waals surface area (Å²) in [5.41, 5.74) is 0.232. The van der Waals surface area contributed by atoms with Crippen LogP contribution in [-0.2, 0) is 34.0 Å². The largest absolute Gasteiger partial charge is 0.445 e. The molecule has 40 heavy (non-hydrogen) atoms. The first kappa shape index (κ1) is 31.2. The fourth-order valence-electron chi connectivity index (χ4n) is 3.98. The molecule has 0 aliphatic carbocycles. The zero-order valence-electron chi connectivity index (χ0n) is 23.6. The van der Waals surface area contributed by atoms with E-state index in [1.165, 1.54) is 4.90 Å². The van der Waals surface area contributed by atoms with E-state index in [-0.39, 0.29) is 12.5 Å². The van der Waals surface area contributed by atoms with Crippen LogP contribution < -0.4 is 5.32 Å². The summed E-state index contributed by atoms with van der Waals surface area (Å²) in [5, 5.41) is 6.74. The van der Waals surface area contributed by atoms with Gasteiger partial charge in [-0.15, -0.1) is 22.7 Å². The topological polar surface area (TPSA) is 88.2 Å². The predicted octanol–water partition coefficient (Wildman–Crippen LogP) is 6.67. The molecule has 0 radical (unpaired) electrons. The first-order valence-electron chi connectivity index (χ1n) is 13.4. The Kier molecular flexibility index (Phi) is 12.0. The first-order valence-corrected chi connectivity index (χ1v) is 15.1. The third-order valence-electron chi connectivity index (χ3n) is 5.99. The second-order valence-corrected chi connectivity index (χ2v) is 12.5. The Hall–Kier alpha value is -3.37. The van der Waals surface area contributed by atoms with E-state index in [9.17, 15) is 14.4 Å². The minimum absolute atomic E-state index is 0.134. The number of carbonyl (C=O) groups is 3. The first-order chi connectivity index (χ1) is 19.1. The maximum absolute atomic E-state index is 14.0. The summed E-state index contributed by atoms with van der Waals surface area (Å²) in [6, 6.07) is 16.7. The second kappa shape index (κ2) is 15.4. The Balaban J connectivity index is 1.62. The Morgan fingerprint density at radius 2 is 1.52 bits per heavy atom. The Morgan fingerprint density at radius 3 is 2.08 bits per heavy atom. The van der Waals surface area contributed by atoms with Crippen molar-refractivity contribution in [3.8, 4) is 0 Å². The summed E-state index contributed by atoms with van der Waals surface area (Å²) in [6.07, 6.45) is 0.651. The van der Waals surface area contributed by atoms with Crippen molar-refractivity contribution in [3.05, 3.63) is 80.7 Å². The quantitative estimate of drug-likeness (QED) is 0.226. The maximum Gasteiger partial charge on any atom is 0.410 e. The van der Waals surface area contributed by atoms with Gasteiger partial charge < -0.3 is 19.7 Å². The van der Waals surface area contributed by atoms with Crippen LogP contribution in [0.5, 0.6) is 0 Å². The molecule has 0 spiro atoms. The summed E-state index contributed by atoms with van der Waals surface area (Å²) >= 11 is 3.19. The Bertz CT molecular complexity index is 1140. The van der Waals surface area contributed by atoms with Crippen molar-refractivity contribution in [1.82, 2.24) is 15.1 Å². The van der Waals surface area contributed by atoms with Crippen LogP contribution in [0.1, 0.15) is 55.4 Å². The van der Waals surface area contributed by atoms with Crippen molar-refractivity contribution in [1.29, 1.82) is 0 Å². The van der Waals surface area contributed by atoms with Crippen LogP contribution in [0.3, 0.4) is 0 Å². The fraction of sp³-hybridized carbons (Fsp3) is 0.433. The lowest BCUT2D eigenvalue weighted by molar-refractivity contribution is -0.138. The van der Waals surface area contributed by atoms with Crippen molar-refractivity contribution in [3.63, 3.8) is 0 Å². The van der Waals surface area contributed by atoms with E-state index in [4.69, 9.17) is 9.47 Å². The molecule has 0 saturated carbocycles. The van der Waals surface area contributed by atoms with Crippen LogP contribution in [0.2, 0.25) is 0 Å². The number of amides is 3. The third-order valence-corrected chi connectivity index (χ3v) is 7.71. The van der Waals surface area contributed by atoms with Gasteiger partial charge in [-0.3, -0.25) is 9.69 Å². The van der Waals surface area contributed by atoms with E-state index in [0.717, 1.165) is 15.3 Å². The van der Waals surface area contributed by atoms with Crippen LogP contribution in [0.15, 0.2) is 65.4 Å². The molecule has 3 rings (SSSR count). The molecular formula is C30H39N3O5S2. The Labute approximate surface area is 244 Å². The zero-order valence-corrected chi connectivity index (χ0v) is 25.3. The Morgan fingerprint density at radius 1 is 0.900 bits per heavy atom. The summed E-state index contributed by atoms with van der Waals surface area (Å²) in [6.45, 7) is 6.94. The molecule has 2 heterocycles. The van der Waals surface area contributed by atoms with Gasteiger partial charge in [-0.2, -0.15) is 0 Å². The number of nitrogens with zero attached hydrogens (tertiary/aromatic N) is 2. The number of hydrogen-bond donors (Lipinski definition) is 1. The number of hydrogen-bond acceptors (Lipinski definition) is 7. The highest BCUT2D eigenvalue weighted by atomic mass is 32.1. The number of benzene rings is 1. The number of unbranched alkanes of at least 4 members (excludes halogenated alkanes) is 1. The zero-order chi connectivity index (χ0) is 29.0. The van der Waals surface area contributed by atoms with Gasteiger partial charge in [-0.25, -0.2) is 9.59 Å². The number of thiophene rings is 2. The smallest absolute Gasteiger partial charge is 0.410 e. The molecule has 0 unspecified atom stereocenters. The molecule has 0 fully saturated rings. The molecule has 0 bridgehead atoms. The van der Waals surface area contributed by atoms with Crippen LogP contribution in [-0.4, -0.2) is 53.1 Å². The molecular weight excluding hydrogens is 546 g/mol. The SMILES string of the molecule is CN(C(=O)OC(C)(C)C)[C@@H](CCCCNC(=O)OCc1ccccc1)C(=O)N(Cc1cccs1)Cc1cccs1. The van der Waals surface area contributed by atoms with Crippen molar-refractivity contribution >= 4 is 40.8 Å². The molecule has 2 aromatic heterocycles. The van der Waals surface area contributed by atoms with Gasteiger partial charge in [-0.1, -0.05) is 42.5 Å². The van der Waals surface area contributed by atoms with E-state index in [1.807, 2.05) is 70.3 Å². The van der Waals surface area contributed by atoms with Crippen molar-refractivity contribution in [2.24, 2.45) is 0 Å². The van der Waals surface area contributed by atoms with E-state index < -0.39 is 23.8 Å². The highest BCUT2D eigenvalue weighted by Crippen LogP contribution is 2.22. The lowest BCUT2D eigenvalue weighted by Gasteiger charge is -2.33. The number of likely N-dealkylation sites (N-methyl/N-ethyl adjacent to an activating group) is 1. The van der Waals surface area contributed by atoms with Gasteiger partial charge in [0.15, 0.2) is 0 Å². The van der Waals surface area contributed by atoms with Gasteiger partial charge in [0.05, 0.1) is 13.1 Å². The summed E-state index contributed by atoms with van der Waals surface area (Å²) in [5.74, 6) is -0.134. The maximum atomic E-state index is 14.0. The average Bonchev–Trinajstić information content (AvgIpc) is 3.63. The second-order valence-electron chi connectivity index (χ2n) is 10.4. The van der Waals surface area contributed by atoms with Crippen LogP contribution >= 0.6 is 22.7 Å². The summed E-state index contributed by atoms with van der Waals surface area (Å²) in [7, 11) is 1.62. The third kappa shape index (κ3) is 10.7. The molecule has 0 aliphatic rings. The molecule has 8 nitrogen and oxygen atoms in total. The molecule has 1 N–H and O–H groups in total. The molecule has 1 atom stereocenters. The number of alkyl carbamates (subject to hydrolysis) is 1. The number of ether oxygens (including phenoxy) is 2. The lowest BCUT2D eigenvalue weighted by Crippen LogP contribution is -2.50. The summed E-state index contributed by atoms with van der Waals surface area (Å²) in [4.78, 5) is 44.4. The van der Waals surface area contributed by atoms with Crippen molar-refractivity contribution in [2.75, 3.05) is 13.6 Å². The lowest BCUT2D eigenvalue weighted by atomic mass is 10.1. The fourth-order valence-corrected chi connectivity index (χ4v) is 5.41. The standard InChI is InChI=1S/C30H39N3O5S2/c1-30(2,3)38-29(36)32(4)26(16-8-9-17-31-28(35)37-22-23-12-6-5-7-13-23)27(34)33(20-24-14-10-18-39-24)21-25-15-11-19-40-25/h5-7,10-15,18-19,26H,8-9,16-17,20-22H2,1-4H3,(H,31,35)/t26-/m0/s1. The molecule has 3 aromatic rings. The van der Waals surface area contributed by atoms with Gasteiger partial charge in [0, 0.05) is 23.3 Å². The van der Waals surface area contributed by atoms with Gasteiger partial charge in [0.25, 0.3) is 0 Å². The van der Waals surface area contributed by atoms with E-state index in [0.29, 0.717) is 38.9 Å². The number of carbonyl (C=O) groups excluding carboxylic acids is 3. The normalized spacial score (nSPS) is 11.9. The van der Waals surface area contributed by atoms with Crippen LogP contribution in [0.4, 0.5) is 9.59 Å². The molecule has 216 valence electrons. The molecule has 0 aliphatic heterocycles. The molecule has 10 heteroatoms.